The van der Waals surface area contributed by atoms with Gasteiger partial charge in [0.25, 0.3) is 31.9 Å². The average molecular weight is 1550 g/mol. The van der Waals surface area contributed by atoms with Crippen LogP contribution < -0.4 is 25.3 Å². The number of likely N-dealkylation sites (tertiary alicyclic amines) is 1. The van der Waals surface area contributed by atoms with Crippen LogP contribution in [0.3, 0.4) is 0 Å². The van der Waals surface area contributed by atoms with Crippen LogP contribution in [0.5, 0.6) is 17.2 Å². The maximum absolute atomic E-state index is 13.8. The molecule has 24 nitrogen and oxygen atoms in total. The molecule has 576 valence electrons. The van der Waals surface area contributed by atoms with Gasteiger partial charge in [0, 0.05) is 150 Å². The van der Waals surface area contributed by atoms with E-state index in [0.29, 0.717) is 85.6 Å². The van der Waals surface area contributed by atoms with E-state index < -0.39 is 43.6 Å². The fourth-order valence-electron chi connectivity index (χ4n) is 13.4. The molecule has 4 amide bonds. The Morgan fingerprint density at radius 2 is 0.991 bits per heavy atom. The predicted molar refractivity (Wildman–Crippen MR) is 435 cm³/mol. The highest BCUT2D eigenvalue weighted by Gasteiger charge is 2.50. The van der Waals surface area contributed by atoms with Crippen LogP contribution in [0.25, 0.3) is 88.7 Å². The molecule has 2 aliphatic heterocycles. The largest absolute Gasteiger partial charge is 0.496 e. The first-order valence-electron chi connectivity index (χ1n) is 36.0. The number of nitrogens with one attached hydrogen (secondary N) is 2. The van der Waals surface area contributed by atoms with E-state index in [9.17, 15) is 36.3 Å². The van der Waals surface area contributed by atoms with Crippen LogP contribution in [0, 0.1) is 13.8 Å². The molecule has 26 heteroatoms. The van der Waals surface area contributed by atoms with Crippen molar-refractivity contribution in [3.05, 3.63) is 241 Å². The number of pyridine rings is 3. The van der Waals surface area contributed by atoms with Crippen molar-refractivity contribution in [2.45, 2.75) is 81.4 Å². The summed E-state index contributed by atoms with van der Waals surface area (Å²) in [5.74, 6) is 1.54. The van der Waals surface area contributed by atoms with E-state index in [-0.39, 0.29) is 39.8 Å². The zero-order chi connectivity index (χ0) is 79.9. The van der Waals surface area contributed by atoms with Gasteiger partial charge >= 0.3 is 6.03 Å². The number of β-amino-alcohol motifs (C(OH)–C–C–N with tert-alkyl or cyclic N) is 1. The Bertz CT molecular complexity index is 6000. The number of rotatable bonds is 16. The fourth-order valence-corrected chi connectivity index (χ4v) is 16.1. The number of hydrogen-bond acceptors (Lipinski definition) is 17. The summed E-state index contributed by atoms with van der Waals surface area (Å²) in [7, 11) is 3.62. The Kier molecular flexibility index (Phi) is 21.8. The Balaban J connectivity index is 0.000000147. The van der Waals surface area contributed by atoms with Gasteiger partial charge in [-0.05, 0) is 144 Å². The number of para-hydroxylation sites is 3. The summed E-state index contributed by atoms with van der Waals surface area (Å²) in [6.07, 6.45) is 9.48. The number of nitrogens with zero attached hydrogens (tertiary/aromatic N) is 8. The number of anilines is 2. The maximum Gasteiger partial charge on any atom is 0.321 e. The van der Waals surface area contributed by atoms with E-state index in [1.54, 1.807) is 158 Å². The highest BCUT2D eigenvalue weighted by molar-refractivity contribution is 7.90. The van der Waals surface area contributed by atoms with Crippen LogP contribution in [0.15, 0.2) is 223 Å². The fraction of sp³-hybridized carbons (Fsp3) is 0.233. The van der Waals surface area contributed by atoms with Crippen LogP contribution in [0.4, 0.5) is 16.2 Å². The quantitative estimate of drug-likeness (QED) is 0.0654. The van der Waals surface area contributed by atoms with Crippen molar-refractivity contribution in [1.29, 1.82) is 0 Å². The summed E-state index contributed by atoms with van der Waals surface area (Å²) in [4.78, 5) is 60.4. The van der Waals surface area contributed by atoms with Gasteiger partial charge in [-0.25, -0.2) is 44.5 Å². The number of ether oxygens (including phenoxy) is 5. The molecule has 15 rings (SSSR count). The average Bonchev–Trinajstić information content (AvgIpc) is 1.59. The van der Waals surface area contributed by atoms with Crippen molar-refractivity contribution in [2.24, 2.45) is 0 Å². The number of H-pyrrole nitrogens is 1. The number of methoxy groups -OCH3 is 3. The third-order valence-corrected chi connectivity index (χ3v) is 23.7. The van der Waals surface area contributed by atoms with E-state index in [4.69, 9.17) is 29.4 Å². The third-order valence-electron chi connectivity index (χ3n) is 20.4. The molecule has 8 heterocycles. The van der Waals surface area contributed by atoms with Gasteiger partial charge in [-0.15, -0.1) is 0 Å². The monoisotopic (exact) mass is 1550 g/mol. The van der Waals surface area contributed by atoms with Crippen molar-refractivity contribution < 1.29 is 60.0 Å². The van der Waals surface area contributed by atoms with E-state index in [2.05, 4.69) is 25.3 Å². The van der Waals surface area contributed by atoms with Gasteiger partial charge in [0.1, 0.15) is 22.9 Å². The number of benzene rings is 7. The minimum absolute atomic E-state index is 0.160. The number of fused-ring (bicyclic) bond motifs is 3. The number of nitrogen functional groups attached to an aromatic ring is 1. The van der Waals surface area contributed by atoms with Crippen molar-refractivity contribution in [1.82, 2.24) is 42.6 Å². The van der Waals surface area contributed by atoms with E-state index >= 15 is 0 Å². The van der Waals surface area contributed by atoms with Gasteiger partial charge < -0.3 is 59.5 Å². The zero-order valence-corrected chi connectivity index (χ0v) is 65.9. The van der Waals surface area contributed by atoms with Gasteiger partial charge in [-0.3, -0.25) is 9.59 Å². The normalized spacial score (nSPS) is 14.6. The molecule has 2 fully saturated rings. The summed E-state index contributed by atoms with van der Waals surface area (Å²) >= 11 is 0. The van der Waals surface area contributed by atoms with Crippen LogP contribution in [-0.4, -0.2) is 162 Å². The highest BCUT2D eigenvalue weighted by Crippen LogP contribution is 2.47. The minimum Gasteiger partial charge on any atom is -0.496 e. The standard InChI is InChI=1S/C30H28N4O4S.C28H29N5O4.C28H30N2O5S/c1-19-9-12-22(13-10-19)39(36,37)34-18-26(23-7-5-6-8-28(23)38-4)24-16-21(17-32-29(24)34)20-11-14-27(31)25(15-20)30(35)33(2)3;1-32(2)27(35)22-12-17(8-9-24(22)31-28(36)33-11-10-19(34)16-33)18-13-21-23(15-30-26(21)29-14-18)20-6-4-5-7-25(20)37-3;1-18-11-13-20(14-12-18)36(31,32)30-17-23(21-9-7-8-10-24(21)33-6)22-15-19(16-29-25(22)30)26-34-27(2,3)28(4,5)35-26/h5-18H,31H2,1-4H3;4-9,12-15,19,34H,10-11,16H2,1-3H3,(H,29,30)(H,31,36);7-17,26H,1-6H3. The van der Waals surface area contributed by atoms with Gasteiger partial charge in [0.05, 0.1) is 65.2 Å². The number of hydrogen-bond donors (Lipinski definition) is 4. The molecule has 5 N–H and O–H groups in total. The molecule has 13 aromatic rings. The lowest BCUT2D eigenvalue weighted by Crippen LogP contribution is -2.41. The summed E-state index contributed by atoms with van der Waals surface area (Å²) < 4.78 is 86.6. The first kappa shape index (κ1) is 77.9. The molecule has 7 aromatic carbocycles. The summed E-state index contributed by atoms with van der Waals surface area (Å²) in [6.45, 7) is 12.5. The molecule has 0 bridgehead atoms. The second-order valence-electron chi connectivity index (χ2n) is 28.8. The maximum atomic E-state index is 13.8. The van der Waals surface area contributed by atoms with Crippen molar-refractivity contribution in [2.75, 3.05) is 73.7 Å². The van der Waals surface area contributed by atoms with Gasteiger partial charge in [-0.1, -0.05) is 102 Å². The number of aromatic amines is 1. The molecule has 2 saturated heterocycles. The number of aryl methyl sites for hydroxylation is 2. The Morgan fingerprint density at radius 3 is 1.48 bits per heavy atom. The molecule has 6 aromatic heterocycles. The van der Waals surface area contributed by atoms with Gasteiger partial charge in [-0.2, -0.15) is 0 Å². The Hall–Kier alpha value is -12.2. The van der Waals surface area contributed by atoms with Crippen LogP contribution >= 0.6 is 0 Å². The molecule has 0 radical (unpaired) electrons. The summed E-state index contributed by atoms with van der Waals surface area (Å²) in [6, 6.07) is 52.3. The first-order chi connectivity index (χ1) is 53.4. The topological polar surface area (TPSA) is 298 Å². The molecule has 1 unspecified atom stereocenters. The first-order valence-corrected chi connectivity index (χ1v) is 38.9. The lowest BCUT2D eigenvalue weighted by Gasteiger charge is -2.30. The molecule has 112 heavy (non-hydrogen) atoms. The second-order valence-corrected chi connectivity index (χ2v) is 32.5. The smallest absolute Gasteiger partial charge is 0.321 e. The van der Waals surface area contributed by atoms with E-state index in [0.717, 1.165) is 66.9 Å². The highest BCUT2D eigenvalue weighted by atomic mass is 32.2. The summed E-state index contributed by atoms with van der Waals surface area (Å²) in [5.41, 5.74) is 18.4. The predicted octanol–water partition coefficient (Wildman–Crippen LogP) is 15.3. The summed E-state index contributed by atoms with van der Waals surface area (Å²) in [5, 5.41) is 14.8. The number of amides is 4. The molecule has 0 spiro atoms. The Labute approximate surface area is 650 Å². The lowest BCUT2D eigenvalue weighted by molar-refractivity contribution is -0.0896. The van der Waals surface area contributed by atoms with Crippen molar-refractivity contribution >= 4 is 82.4 Å². The number of urea groups is 1. The van der Waals surface area contributed by atoms with E-state index in [1.165, 1.54) is 17.7 Å². The molecular weight excluding hydrogens is 1460 g/mol. The number of aromatic nitrogens is 6. The number of carbonyl (C=O) groups is 3. The number of aliphatic hydroxyl groups is 1. The zero-order valence-electron chi connectivity index (χ0n) is 64.3. The molecule has 0 saturated carbocycles. The van der Waals surface area contributed by atoms with Crippen LogP contribution in [0.2, 0.25) is 0 Å². The Morgan fingerprint density at radius 1 is 0.545 bits per heavy atom. The van der Waals surface area contributed by atoms with Crippen LogP contribution in [-0.2, 0) is 29.5 Å². The van der Waals surface area contributed by atoms with Crippen molar-refractivity contribution in [3.63, 3.8) is 0 Å². The number of carbonyl (C=O) groups excluding carboxylic acids is 3. The molecule has 0 aliphatic carbocycles. The lowest BCUT2D eigenvalue weighted by atomic mass is 9.90. The van der Waals surface area contributed by atoms with Gasteiger partial charge in [0.15, 0.2) is 17.6 Å². The van der Waals surface area contributed by atoms with Crippen LogP contribution in [0.1, 0.15) is 77.8 Å². The second kappa shape index (κ2) is 31.3. The molecule has 2 aliphatic rings. The van der Waals surface area contributed by atoms with Gasteiger partial charge in [0.2, 0.25) is 0 Å². The van der Waals surface area contributed by atoms with Crippen molar-refractivity contribution in [3.8, 4) is 72.9 Å². The minimum atomic E-state index is -3.95. The number of nitrogens with two attached hydrogens (primary N) is 1. The molecular formula is C86H87N11O13S2. The molecule has 1 atom stereocenters. The SMILES string of the molecule is COc1ccccc1-c1c[nH]c2ncc(-c3ccc(NC(=O)N4CCC(O)C4)c(C(=O)N(C)C)c3)cc12.COc1ccccc1-c1cn(S(=O)(=O)c2ccc(C)cc2)c2ncc(-c3ccc(N)c(C(=O)N(C)C)c3)cc12.COc1ccccc1-c1cn(S(=O)(=O)c2ccc(C)cc2)c2ncc(C3OC(C)(C)C(C)(C)O3)cc12. The van der Waals surface area contributed by atoms with E-state index in [1.807, 2.05) is 151 Å². The number of aliphatic hydroxyl groups excluding tert-OH is 1. The third kappa shape index (κ3) is 15.3.